The largest absolute Gasteiger partial charge is 0.419 e. The molecule has 0 aromatic heterocycles. The molecule has 0 aliphatic heterocycles. The van der Waals surface area contributed by atoms with Gasteiger partial charge in [-0.2, -0.15) is 0 Å². The first-order valence-corrected chi connectivity index (χ1v) is 5.78. The first-order chi connectivity index (χ1) is 6.81. The fraction of sp³-hybridized carbons (Fsp3) is 0.556. The van der Waals surface area contributed by atoms with E-state index in [1.165, 1.54) is 6.26 Å². The summed E-state index contributed by atoms with van der Waals surface area (Å²) in [6, 6.07) is 0. The predicted octanol–water partition coefficient (Wildman–Crippen LogP) is 2.28. The van der Waals surface area contributed by atoms with Crippen molar-refractivity contribution in [3.05, 3.63) is 12.3 Å². The second-order valence-corrected chi connectivity index (χ2v) is 3.09. The zero-order valence-electron chi connectivity index (χ0n) is 8.29. The van der Waals surface area contributed by atoms with E-state index >= 15 is 0 Å². The van der Waals surface area contributed by atoms with Crippen LogP contribution >= 0.6 is 22.6 Å². The molecule has 0 aliphatic carbocycles. The summed E-state index contributed by atoms with van der Waals surface area (Å²) in [6.45, 7) is 4.76. The SMILES string of the molecule is C=O.CCCCNC(=O)OC=CCI. The maximum absolute atomic E-state index is 10.8. The molecule has 0 aliphatic rings. The number of unbranched alkanes of at least 4 members (excludes halogenated alkanes) is 1. The van der Waals surface area contributed by atoms with Crippen LogP contribution in [0.4, 0.5) is 4.79 Å². The number of ether oxygens (including phenoxy) is 1. The van der Waals surface area contributed by atoms with Crippen LogP contribution < -0.4 is 5.32 Å². The van der Waals surface area contributed by atoms with Crippen molar-refractivity contribution in [3.8, 4) is 0 Å². The van der Waals surface area contributed by atoms with E-state index in [4.69, 9.17) is 9.53 Å². The summed E-state index contributed by atoms with van der Waals surface area (Å²) in [6.07, 6.45) is 4.88. The van der Waals surface area contributed by atoms with Crippen LogP contribution in [0.3, 0.4) is 0 Å². The Morgan fingerprint density at radius 3 is 2.71 bits per heavy atom. The Bertz CT molecular complexity index is 162. The van der Waals surface area contributed by atoms with Crippen molar-refractivity contribution in [2.75, 3.05) is 11.0 Å². The molecule has 0 bridgehead atoms. The molecular formula is C9H16INO3. The molecule has 0 saturated heterocycles. The van der Waals surface area contributed by atoms with Gasteiger partial charge in [-0.25, -0.2) is 4.79 Å². The van der Waals surface area contributed by atoms with Crippen LogP contribution in [0.15, 0.2) is 12.3 Å². The summed E-state index contributed by atoms with van der Waals surface area (Å²) < 4.78 is 5.54. The number of hydrogen-bond acceptors (Lipinski definition) is 3. The third kappa shape index (κ3) is 14.0. The lowest BCUT2D eigenvalue weighted by molar-refractivity contribution is -0.0979. The summed E-state index contributed by atoms with van der Waals surface area (Å²) in [4.78, 5) is 18.8. The van der Waals surface area contributed by atoms with E-state index in [2.05, 4.69) is 34.8 Å². The van der Waals surface area contributed by atoms with Crippen LogP contribution in [0.5, 0.6) is 0 Å². The average molecular weight is 313 g/mol. The van der Waals surface area contributed by atoms with Crippen molar-refractivity contribution in [2.24, 2.45) is 0 Å². The van der Waals surface area contributed by atoms with Gasteiger partial charge in [0.05, 0.1) is 6.26 Å². The van der Waals surface area contributed by atoms with Crippen LogP contribution in [0.2, 0.25) is 0 Å². The number of halogens is 1. The number of carbonyl (C=O) groups excluding carboxylic acids is 2. The van der Waals surface area contributed by atoms with Crippen molar-refractivity contribution in [1.29, 1.82) is 0 Å². The minimum absolute atomic E-state index is 0.371. The molecule has 0 radical (unpaired) electrons. The first-order valence-electron chi connectivity index (χ1n) is 4.25. The molecule has 0 saturated carbocycles. The number of alkyl halides is 1. The van der Waals surface area contributed by atoms with Gasteiger partial charge in [0.25, 0.3) is 0 Å². The zero-order chi connectivity index (χ0) is 11.2. The molecule has 0 unspecified atom stereocenters. The van der Waals surface area contributed by atoms with E-state index in [0.717, 1.165) is 17.3 Å². The Morgan fingerprint density at radius 1 is 1.57 bits per heavy atom. The normalized spacial score (nSPS) is 9.00. The van der Waals surface area contributed by atoms with Gasteiger partial charge in [0.15, 0.2) is 0 Å². The van der Waals surface area contributed by atoms with Gasteiger partial charge in [-0.3, -0.25) is 0 Å². The average Bonchev–Trinajstić information content (AvgIpc) is 2.22. The molecule has 0 heterocycles. The maximum atomic E-state index is 10.8. The van der Waals surface area contributed by atoms with Crippen LogP contribution in [0.1, 0.15) is 19.8 Å². The quantitative estimate of drug-likeness (QED) is 0.367. The predicted molar refractivity (Wildman–Crippen MR) is 64.5 cm³/mol. The second kappa shape index (κ2) is 14.9. The third-order valence-corrected chi connectivity index (χ3v) is 1.67. The Hall–Kier alpha value is -0.590. The van der Waals surface area contributed by atoms with Gasteiger partial charge in [0.1, 0.15) is 6.79 Å². The molecule has 0 aromatic rings. The number of amides is 1. The van der Waals surface area contributed by atoms with Crippen molar-refractivity contribution in [2.45, 2.75) is 19.8 Å². The third-order valence-electron chi connectivity index (χ3n) is 1.16. The Labute approximate surface area is 98.2 Å². The number of rotatable bonds is 5. The van der Waals surface area contributed by atoms with E-state index in [1.807, 2.05) is 6.79 Å². The van der Waals surface area contributed by atoms with E-state index in [1.54, 1.807) is 6.08 Å². The van der Waals surface area contributed by atoms with Crippen LogP contribution in [-0.4, -0.2) is 23.9 Å². The van der Waals surface area contributed by atoms with E-state index in [9.17, 15) is 4.79 Å². The highest BCUT2D eigenvalue weighted by Gasteiger charge is 1.95. The molecule has 1 N–H and O–H groups in total. The van der Waals surface area contributed by atoms with Crippen molar-refractivity contribution < 1.29 is 14.3 Å². The lowest BCUT2D eigenvalue weighted by atomic mass is 10.3. The molecule has 0 atom stereocenters. The van der Waals surface area contributed by atoms with Crippen molar-refractivity contribution in [3.63, 3.8) is 0 Å². The van der Waals surface area contributed by atoms with Gasteiger partial charge >= 0.3 is 6.09 Å². The summed E-state index contributed by atoms with van der Waals surface area (Å²) in [7, 11) is 0. The molecule has 0 aromatic carbocycles. The molecule has 0 rings (SSSR count). The van der Waals surface area contributed by atoms with E-state index < -0.39 is 0 Å². The Morgan fingerprint density at radius 2 is 2.21 bits per heavy atom. The standard InChI is InChI=1S/C8H14INO2.CH2O/c1-2-3-6-10-8(11)12-7-4-5-9;1-2/h4,7H,2-3,5-6H2,1H3,(H,10,11);1H2. The monoisotopic (exact) mass is 313 g/mol. The summed E-state index contributed by atoms with van der Waals surface area (Å²) >= 11 is 2.17. The van der Waals surface area contributed by atoms with E-state index in [-0.39, 0.29) is 6.09 Å². The topological polar surface area (TPSA) is 55.4 Å². The fourth-order valence-corrected chi connectivity index (χ4v) is 0.763. The highest BCUT2D eigenvalue weighted by Crippen LogP contribution is 1.87. The molecule has 82 valence electrons. The Kier molecular flexibility index (Phi) is 16.9. The van der Waals surface area contributed by atoms with E-state index in [0.29, 0.717) is 6.54 Å². The van der Waals surface area contributed by atoms with Crippen molar-refractivity contribution in [1.82, 2.24) is 5.32 Å². The van der Waals surface area contributed by atoms with Gasteiger partial charge in [-0.05, 0) is 12.5 Å². The molecule has 14 heavy (non-hydrogen) atoms. The molecule has 0 spiro atoms. The van der Waals surface area contributed by atoms with Gasteiger partial charge < -0.3 is 14.8 Å². The molecular weight excluding hydrogens is 297 g/mol. The molecule has 5 heteroatoms. The number of nitrogens with one attached hydrogen (secondary N) is 1. The van der Waals surface area contributed by atoms with Gasteiger partial charge in [-0.1, -0.05) is 35.9 Å². The number of carbonyl (C=O) groups is 2. The first kappa shape index (κ1) is 15.9. The lowest BCUT2D eigenvalue weighted by Crippen LogP contribution is -2.23. The minimum Gasteiger partial charge on any atom is -0.419 e. The molecule has 1 amide bonds. The van der Waals surface area contributed by atoms with Gasteiger partial charge in [0, 0.05) is 11.0 Å². The highest BCUT2D eigenvalue weighted by molar-refractivity contribution is 14.1. The number of hydrogen-bond donors (Lipinski definition) is 1. The minimum atomic E-state index is -0.371. The van der Waals surface area contributed by atoms with Crippen molar-refractivity contribution >= 4 is 35.5 Å². The van der Waals surface area contributed by atoms with Gasteiger partial charge in [0.2, 0.25) is 0 Å². The number of alkyl carbamates (subject to hydrolysis) is 1. The number of allylic oxidation sites excluding steroid dienone is 1. The molecule has 0 fully saturated rings. The van der Waals surface area contributed by atoms with Gasteiger partial charge in [-0.15, -0.1) is 0 Å². The summed E-state index contributed by atoms with van der Waals surface area (Å²) in [5, 5.41) is 2.63. The second-order valence-electron chi connectivity index (χ2n) is 2.21. The lowest BCUT2D eigenvalue weighted by Gasteiger charge is -2.00. The maximum Gasteiger partial charge on any atom is 0.411 e. The summed E-state index contributed by atoms with van der Waals surface area (Å²) in [5.74, 6) is 0. The van der Waals surface area contributed by atoms with Crippen LogP contribution in [-0.2, 0) is 9.53 Å². The summed E-state index contributed by atoms with van der Waals surface area (Å²) in [5.41, 5.74) is 0. The smallest absolute Gasteiger partial charge is 0.411 e. The zero-order valence-corrected chi connectivity index (χ0v) is 10.5. The highest BCUT2D eigenvalue weighted by atomic mass is 127. The fourth-order valence-electron chi connectivity index (χ4n) is 0.555. The molecule has 4 nitrogen and oxygen atoms in total. The van der Waals surface area contributed by atoms with Crippen LogP contribution in [0, 0.1) is 0 Å². The van der Waals surface area contributed by atoms with Crippen LogP contribution in [0.25, 0.3) is 0 Å². The Balaban J connectivity index is 0.